The topological polar surface area (TPSA) is 114 Å². The van der Waals surface area contributed by atoms with Crippen LogP contribution in [-0.2, 0) is 27.9 Å². The number of likely N-dealkylation sites (N-methyl/N-ethyl adjacent to an activating group) is 1. The van der Waals surface area contributed by atoms with Gasteiger partial charge in [0.2, 0.25) is 5.91 Å². The van der Waals surface area contributed by atoms with Crippen LogP contribution in [0.25, 0.3) is 0 Å². The van der Waals surface area contributed by atoms with Crippen molar-refractivity contribution in [3.8, 4) is 0 Å². The zero-order valence-electron chi connectivity index (χ0n) is 52.2. The molecule has 0 bridgehead atoms. The highest BCUT2D eigenvalue weighted by Crippen LogP contribution is 2.38. The summed E-state index contributed by atoms with van der Waals surface area (Å²) in [7, 11) is 1.20. The molecule has 0 saturated heterocycles. The third-order valence-electron chi connectivity index (χ3n) is 15.4. The highest BCUT2D eigenvalue weighted by Gasteiger charge is 2.27. The van der Waals surface area contributed by atoms with Gasteiger partial charge in [-0.15, -0.1) is 0 Å². The maximum atomic E-state index is 13.6. The fourth-order valence-electron chi connectivity index (χ4n) is 10.2. The minimum absolute atomic E-state index is 0.0183. The van der Waals surface area contributed by atoms with Crippen LogP contribution in [0.4, 0.5) is 0 Å². The number of nitrogens with zero attached hydrogens (tertiary/aromatic N) is 1. The van der Waals surface area contributed by atoms with E-state index in [1.165, 1.54) is 250 Å². The zero-order chi connectivity index (χ0) is 56.4. The van der Waals surface area contributed by atoms with Gasteiger partial charge in [-0.25, -0.2) is 0 Å². The average Bonchev–Trinajstić information content (AvgIpc) is 3.39. The Labute approximate surface area is 479 Å². The molecule has 0 rings (SSSR count). The van der Waals surface area contributed by atoms with E-state index in [9.17, 15) is 19.0 Å². The summed E-state index contributed by atoms with van der Waals surface area (Å²) in [5.74, 6) is -0.521. The van der Waals surface area contributed by atoms with Crippen LogP contribution in [0.5, 0.6) is 0 Å². The Morgan fingerprint density at radius 2 is 0.753 bits per heavy atom. The molecule has 0 aliphatic rings. The maximum Gasteiger partial charge on any atom is 0.306 e. The molecular weight excluding hydrogens is 976 g/mol. The molecule has 9 nitrogen and oxygen atoms in total. The summed E-state index contributed by atoms with van der Waals surface area (Å²) in [4.78, 5) is 40.0. The molecule has 0 fully saturated rings. The SMILES string of the molecule is CCCCCCCC/C=C/CCCCCCCCCCCCCCCC(=O)NC(COP(=O)([O-])OCC[N+](C)(C)C)C(/C=C\CCCCCCCCCCC)OC(=O)CCCCCCCCCCCCCCCCCCC. The van der Waals surface area contributed by atoms with Gasteiger partial charge in [-0.05, 0) is 57.4 Å². The van der Waals surface area contributed by atoms with Gasteiger partial charge in [-0.1, -0.05) is 296 Å². The Balaban J connectivity index is 5.05. The monoisotopic (exact) mass is 1110 g/mol. The van der Waals surface area contributed by atoms with Crippen molar-refractivity contribution in [2.24, 2.45) is 0 Å². The van der Waals surface area contributed by atoms with Crippen molar-refractivity contribution >= 4 is 19.7 Å². The predicted octanol–water partition coefficient (Wildman–Crippen LogP) is 20.3. The summed E-state index contributed by atoms with van der Waals surface area (Å²) in [6.07, 6.45) is 68.7. The number of phosphoric ester groups is 1. The van der Waals surface area contributed by atoms with Gasteiger partial charge < -0.3 is 28.5 Å². The zero-order valence-corrected chi connectivity index (χ0v) is 53.1. The lowest BCUT2D eigenvalue weighted by Crippen LogP contribution is -2.47. The number of amides is 1. The average molecular weight is 1110 g/mol. The van der Waals surface area contributed by atoms with Crippen LogP contribution in [-0.4, -0.2) is 69.4 Å². The van der Waals surface area contributed by atoms with Gasteiger partial charge in [-0.3, -0.25) is 14.2 Å². The lowest BCUT2D eigenvalue weighted by molar-refractivity contribution is -0.870. The molecule has 0 radical (unpaired) electrons. The Bertz CT molecular complexity index is 1370. The second-order valence-electron chi connectivity index (χ2n) is 24.3. The molecular formula is C67H131N2O7P. The molecule has 1 amide bonds. The molecule has 0 aromatic rings. The van der Waals surface area contributed by atoms with Crippen molar-refractivity contribution in [3.05, 3.63) is 24.3 Å². The Hall–Kier alpha value is -1.51. The van der Waals surface area contributed by atoms with Gasteiger partial charge >= 0.3 is 5.97 Å². The normalized spacial score (nSPS) is 13.7. The van der Waals surface area contributed by atoms with Crippen molar-refractivity contribution in [3.63, 3.8) is 0 Å². The second kappa shape index (κ2) is 57.7. The van der Waals surface area contributed by atoms with Crippen LogP contribution in [0.3, 0.4) is 0 Å². The molecule has 1 N–H and O–H groups in total. The molecule has 456 valence electrons. The van der Waals surface area contributed by atoms with Crippen LogP contribution in [0.15, 0.2) is 24.3 Å². The smallest absolute Gasteiger partial charge is 0.306 e. The molecule has 10 heteroatoms. The number of allylic oxidation sites excluding steroid dienone is 3. The molecule has 3 atom stereocenters. The third-order valence-corrected chi connectivity index (χ3v) is 16.3. The van der Waals surface area contributed by atoms with Gasteiger partial charge in [0, 0.05) is 12.8 Å². The van der Waals surface area contributed by atoms with Crippen molar-refractivity contribution in [2.75, 3.05) is 40.9 Å². The Morgan fingerprint density at radius 3 is 1.10 bits per heavy atom. The van der Waals surface area contributed by atoms with Gasteiger partial charge in [0.25, 0.3) is 7.82 Å². The van der Waals surface area contributed by atoms with Gasteiger partial charge in [0.1, 0.15) is 19.3 Å². The maximum absolute atomic E-state index is 13.6. The van der Waals surface area contributed by atoms with E-state index >= 15 is 0 Å². The van der Waals surface area contributed by atoms with Gasteiger partial charge in [0.15, 0.2) is 0 Å². The highest BCUT2D eigenvalue weighted by molar-refractivity contribution is 7.45. The third kappa shape index (κ3) is 58.9. The number of carbonyl (C=O) groups is 2. The van der Waals surface area contributed by atoms with E-state index in [4.69, 9.17) is 13.8 Å². The molecule has 77 heavy (non-hydrogen) atoms. The van der Waals surface area contributed by atoms with E-state index in [0.717, 1.165) is 57.8 Å². The molecule has 0 heterocycles. The number of rotatable bonds is 62. The summed E-state index contributed by atoms with van der Waals surface area (Å²) in [6.45, 7) is 6.89. The number of nitrogens with one attached hydrogen (secondary N) is 1. The minimum Gasteiger partial charge on any atom is -0.756 e. The first-order valence-corrected chi connectivity index (χ1v) is 35.1. The number of hydrogen-bond donors (Lipinski definition) is 1. The molecule has 0 aliphatic heterocycles. The van der Waals surface area contributed by atoms with Crippen LogP contribution < -0.4 is 10.2 Å². The Kier molecular flexibility index (Phi) is 56.6. The van der Waals surface area contributed by atoms with Crippen molar-refractivity contribution < 1.29 is 37.3 Å². The van der Waals surface area contributed by atoms with E-state index in [1.54, 1.807) is 0 Å². The standard InChI is InChI=1S/C67H131N2O7P/c1-7-10-13-16-19-22-25-27-29-31-32-33-34-35-36-38-39-41-44-47-50-53-56-59-66(70)68-64(63-75-77(72,73)74-62-61-69(4,5)6)65(58-55-52-49-46-43-24-21-18-15-12-9-3)76-67(71)60-57-54-51-48-45-42-40-37-30-28-26-23-20-17-14-11-8-2/h27,29,55,58,64-65H,7-26,28,30-54,56-57,59-63H2,1-6H3,(H-,68,70,72,73)/b29-27+,58-55-. The first-order valence-electron chi connectivity index (χ1n) is 33.6. The fraction of sp³-hybridized carbons (Fsp3) is 0.910. The summed E-state index contributed by atoms with van der Waals surface area (Å²) in [5.41, 5.74) is 0. The molecule has 3 unspecified atom stereocenters. The van der Waals surface area contributed by atoms with Crippen LogP contribution >= 0.6 is 7.82 Å². The number of quaternary nitrogens is 1. The van der Waals surface area contributed by atoms with Crippen molar-refractivity contribution in [2.45, 2.75) is 354 Å². The number of carbonyl (C=O) groups excluding carboxylic acids is 2. The summed E-state index contributed by atoms with van der Waals surface area (Å²) in [6, 6.07) is -0.882. The summed E-state index contributed by atoms with van der Waals surface area (Å²) < 4.78 is 30.4. The lowest BCUT2D eigenvalue weighted by Gasteiger charge is -2.30. The molecule has 0 saturated carbocycles. The van der Waals surface area contributed by atoms with Crippen molar-refractivity contribution in [1.82, 2.24) is 5.32 Å². The van der Waals surface area contributed by atoms with E-state index in [1.807, 2.05) is 33.3 Å². The van der Waals surface area contributed by atoms with Crippen LogP contribution in [0.2, 0.25) is 0 Å². The van der Waals surface area contributed by atoms with E-state index in [0.29, 0.717) is 17.4 Å². The number of hydrogen-bond acceptors (Lipinski definition) is 7. The van der Waals surface area contributed by atoms with E-state index in [2.05, 4.69) is 38.2 Å². The Morgan fingerprint density at radius 1 is 0.442 bits per heavy atom. The fourth-order valence-corrected chi connectivity index (χ4v) is 10.9. The van der Waals surface area contributed by atoms with E-state index < -0.39 is 20.0 Å². The van der Waals surface area contributed by atoms with Crippen molar-refractivity contribution in [1.29, 1.82) is 0 Å². The first kappa shape index (κ1) is 75.5. The molecule has 0 aromatic heterocycles. The predicted molar refractivity (Wildman–Crippen MR) is 330 cm³/mol. The first-order chi connectivity index (χ1) is 37.4. The van der Waals surface area contributed by atoms with Gasteiger partial charge in [-0.2, -0.15) is 0 Å². The summed E-state index contributed by atoms with van der Waals surface area (Å²) >= 11 is 0. The van der Waals surface area contributed by atoms with Crippen LogP contribution in [0.1, 0.15) is 342 Å². The second-order valence-corrected chi connectivity index (χ2v) is 25.7. The van der Waals surface area contributed by atoms with E-state index in [-0.39, 0.29) is 31.5 Å². The number of ether oxygens (including phenoxy) is 1. The molecule has 0 spiro atoms. The highest BCUT2D eigenvalue weighted by atomic mass is 31.2. The van der Waals surface area contributed by atoms with Gasteiger partial charge in [0.05, 0.1) is 33.8 Å². The largest absolute Gasteiger partial charge is 0.756 e. The molecule has 0 aromatic carbocycles. The number of esters is 1. The molecule has 0 aliphatic carbocycles. The quantitative estimate of drug-likeness (QED) is 0.0212. The number of phosphoric acid groups is 1. The van der Waals surface area contributed by atoms with Crippen LogP contribution in [0, 0.1) is 0 Å². The number of unbranched alkanes of at least 4 members (excludes halogenated alkanes) is 44. The minimum atomic E-state index is -4.69. The lowest BCUT2D eigenvalue weighted by atomic mass is 10.0. The summed E-state index contributed by atoms with van der Waals surface area (Å²) in [5, 5.41) is 3.04.